The molecule has 0 aliphatic heterocycles. The van der Waals surface area contributed by atoms with Crippen LogP contribution < -0.4 is 0 Å². The largest absolute Gasteiger partial charge is 0.346 e. The molecule has 94 valence electrons. The molecule has 0 amide bonds. The molecule has 2 aromatic heterocycles. The van der Waals surface area contributed by atoms with E-state index in [1.807, 2.05) is 18.3 Å². The molecule has 0 aliphatic carbocycles. The molecule has 0 aromatic carbocycles. The Labute approximate surface area is 120 Å². The average Bonchev–Trinajstić information content (AvgIpc) is 2.34. The maximum Gasteiger partial charge on any atom is 0.144 e. The van der Waals surface area contributed by atoms with Crippen molar-refractivity contribution < 1.29 is 0 Å². The van der Waals surface area contributed by atoms with Gasteiger partial charge < -0.3 is 4.98 Å². The van der Waals surface area contributed by atoms with Gasteiger partial charge in [0.1, 0.15) is 10.5 Å². The van der Waals surface area contributed by atoms with E-state index in [0.717, 1.165) is 21.6 Å². The van der Waals surface area contributed by atoms with E-state index in [2.05, 4.69) is 44.7 Å². The molecule has 18 heavy (non-hydrogen) atoms. The van der Waals surface area contributed by atoms with Crippen LogP contribution in [0.3, 0.4) is 0 Å². The van der Waals surface area contributed by atoms with Crippen LogP contribution in [-0.4, -0.2) is 15.0 Å². The molecule has 5 heteroatoms. The minimum Gasteiger partial charge on any atom is -0.346 e. The fourth-order valence-electron chi connectivity index (χ4n) is 1.70. The molecule has 0 aliphatic rings. The van der Waals surface area contributed by atoms with Crippen molar-refractivity contribution in [2.24, 2.45) is 0 Å². The fraction of sp³-hybridized carbons (Fsp3) is 0.308. The lowest BCUT2D eigenvalue weighted by atomic mass is 10.1. The Morgan fingerprint density at radius 1 is 1.44 bits per heavy atom. The highest BCUT2D eigenvalue weighted by atomic mass is 79.9. The van der Waals surface area contributed by atoms with Crippen molar-refractivity contribution in [3.05, 3.63) is 50.7 Å². The maximum absolute atomic E-state index is 5.27. The Balaban J connectivity index is 2.38. The lowest BCUT2D eigenvalue weighted by Gasteiger charge is -2.11. The number of rotatable bonds is 3. The van der Waals surface area contributed by atoms with E-state index in [1.165, 1.54) is 0 Å². The van der Waals surface area contributed by atoms with Gasteiger partial charge in [0, 0.05) is 24.5 Å². The summed E-state index contributed by atoms with van der Waals surface area (Å²) in [5, 5.41) is 0. The fourth-order valence-corrected chi connectivity index (χ4v) is 2.57. The zero-order valence-electron chi connectivity index (χ0n) is 10.3. The summed E-state index contributed by atoms with van der Waals surface area (Å²) in [6.45, 7) is 4.25. The van der Waals surface area contributed by atoms with Gasteiger partial charge in [0.25, 0.3) is 0 Å². The Hall–Kier alpha value is -1.07. The van der Waals surface area contributed by atoms with Gasteiger partial charge in [-0.2, -0.15) is 0 Å². The standard InChI is InChI=1S/C13H14BrN3S/c1-8(2)12-11(14)13(18)17-10(16-12)6-9-4-3-5-15-7-9/h3-5,7-8H,6H2,1-2H3,(H,16,17,18). The summed E-state index contributed by atoms with van der Waals surface area (Å²) >= 11 is 8.76. The molecule has 2 heterocycles. The zero-order chi connectivity index (χ0) is 13.1. The van der Waals surface area contributed by atoms with E-state index in [9.17, 15) is 0 Å². The summed E-state index contributed by atoms with van der Waals surface area (Å²) in [4.78, 5) is 11.8. The van der Waals surface area contributed by atoms with Crippen LogP contribution in [0, 0.1) is 4.64 Å². The molecular weight excluding hydrogens is 310 g/mol. The van der Waals surface area contributed by atoms with Crippen molar-refractivity contribution in [1.82, 2.24) is 15.0 Å². The monoisotopic (exact) mass is 323 g/mol. The molecule has 0 unspecified atom stereocenters. The quantitative estimate of drug-likeness (QED) is 0.867. The number of hydrogen-bond donors (Lipinski definition) is 1. The topological polar surface area (TPSA) is 41.6 Å². The summed E-state index contributed by atoms with van der Waals surface area (Å²) < 4.78 is 1.50. The minimum absolute atomic E-state index is 0.372. The molecule has 2 aromatic rings. The van der Waals surface area contributed by atoms with Crippen molar-refractivity contribution in [2.75, 3.05) is 0 Å². The minimum atomic E-state index is 0.372. The van der Waals surface area contributed by atoms with Crippen molar-refractivity contribution in [2.45, 2.75) is 26.2 Å². The van der Waals surface area contributed by atoms with Gasteiger partial charge in [0.2, 0.25) is 0 Å². The van der Waals surface area contributed by atoms with Crippen LogP contribution in [0.1, 0.15) is 36.8 Å². The van der Waals surface area contributed by atoms with Crippen LogP contribution in [0.15, 0.2) is 29.0 Å². The van der Waals surface area contributed by atoms with Gasteiger partial charge in [-0.15, -0.1) is 0 Å². The number of hydrogen-bond acceptors (Lipinski definition) is 3. The molecule has 0 bridgehead atoms. The summed E-state index contributed by atoms with van der Waals surface area (Å²) in [6.07, 6.45) is 4.32. The molecule has 3 nitrogen and oxygen atoms in total. The number of nitrogens with zero attached hydrogens (tertiary/aromatic N) is 2. The first kappa shape index (κ1) is 13.4. The second-order valence-electron chi connectivity index (χ2n) is 4.41. The Kier molecular flexibility index (Phi) is 4.24. The van der Waals surface area contributed by atoms with E-state index in [0.29, 0.717) is 17.0 Å². The molecule has 0 radical (unpaired) electrons. The molecule has 0 fully saturated rings. The van der Waals surface area contributed by atoms with Gasteiger partial charge in [0.15, 0.2) is 0 Å². The molecule has 1 N–H and O–H groups in total. The normalized spacial score (nSPS) is 10.9. The number of H-pyrrole nitrogens is 1. The average molecular weight is 324 g/mol. The molecule has 0 saturated heterocycles. The van der Waals surface area contributed by atoms with Crippen LogP contribution in [0.4, 0.5) is 0 Å². The molecular formula is C13H14BrN3S. The summed E-state index contributed by atoms with van der Waals surface area (Å²) in [7, 11) is 0. The third kappa shape index (κ3) is 3.03. The van der Waals surface area contributed by atoms with Crippen LogP contribution in [0.25, 0.3) is 0 Å². The van der Waals surface area contributed by atoms with Crippen LogP contribution >= 0.6 is 28.1 Å². The van der Waals surface area contributed by atoms with Gasteiger partial charge in [0.05, 0.1) is 4.47 Å². The van der Waals surface area contributed by atoms with Crippen LogP contribution in [0.2, 0.25) is 0 Å². The highest BCUT2D eigenvalue weighted by Gasteiger charge is 2.10. The summed E-state index contributed by atoms with van der Waals surface area (Å²) in [5.74, 6) is 1.25. The van der Waals surface area contributed by atoms with Crippen molar-refractivity contribution in [3.8, 4) is 0 Å². The summed E-state index contributed by atoms with van der Waals surface area (Å²) in [6, 6.07) is 3.95. The van der Waals surface area contributed by atoms with Gasteiger partial charge in [-0.05, 0) is 33.5 Å². The zero-order valence-corrected chi connectivity index (χ0v) is 12.7. The van der Waals surface area contributed by atoms with Crippen molar-refractivity contribution in [1.29, 1.82) is 0 Å². The third-order valence-electron chi connectivity index (χ3n) is 2.61. The number of nitrogens with one attached hydrogen (secondary N) is 1. The summed E-state index contributed by atoms with van der Waals surface area (Å²) in [5.41, 5.74) is 2.21. The van der Waals surface area contributed by atoms with Crippen LogP contribution in [0.5, 0.6) is 0 Å². The van der Waals surface area contributed by atoms with E-state index in [4.69, 9.17) is 12.2 Å². The second-order valence-corrected chi connectivity index (χ2v) is 5.59. The maximum atomic E-state index is 5.27. The Morgan fingerprint density at radius 3 is 2.83 bits per heavy atom. The molecule has 0 spiro atoms. The SMILES string of the molecule is CC(C)c1[nH]c(Cc2cccnc2)nc(=S)c1Br. The number of halogens is 1. The van der Waals surface area contributed by atoms with Gasteiger partial charge in [-0.3, -0.25) is 4.98 Å². The number of aromatic amines is 1. The predicted molar refractivity (Wildman–Crippen MR) is 78.3 cm³/mol. The predicted octanol–water partition coefficient (Wildman–Crippen LogP) is 4.01. The van der Waals surface area contributed by atoms with Gasteiger partial charge in [-0.1, -0.05) is 32.1 Å². The highest BCUT2D eigenvalue weighted by molar-refractivity contribution is 9.10. The van der Waals surface area contributed by atoms with E-state index < -0.39 is 0 Å². The van der Waals surface area contributed by atoms with Crippen LogP contribution in [-0.2, 0) is 6.42 Å². The van der Waals surface area contributed by atoms with Gasteiger partial charge >= 0.3 is 0 Å². The van der Waals surface area contributed by atoms with Crippen molar-refractivity contribution in [3.63, 3.8) is 0 Å². The number of pyridine rings is 1. The highest BCUT2D eigenvalue weighted by Crippen LogP contribution is 2.23. The third-order valence-corrected chi connectivity index (χ3v) is 3.97. The molecule has 2 rings (SSSR count). The molecule has 0 atom stereocenters. The first-order chi connectivity index (χ1) is 8.58. The number of aromatic nitrogens is 3. The molecule has 0 saturated carbocycles. The van der Waals surface area contributed by atoms with Crippen molar-refractivity contribution >= 4 is 28.1 Å². The smallest absolute Gasteiger partial charge is 0.144 e. The Bertz CT molecular complexity index is 593. The first-order valence-corrected chi connectivity index (χ1v) is 6.95. The Morgan fingerprint density at radius 2 is 2.22 bits per heavy atom. The van der Waals surface area contributed by atoms with E-state index in [1.54, 1.807) is 6.20 Å². The van der Waals surface area contributed by atoms with E-state index in [-0.39, 0.29) is 0 Å². The lowest BCUT2D eigenvalue weighted by molar-refractivity contribution is 0.780. The van der Waals surface area contributed by atoms with Gasteiger partial charge in [-0.25, -0.2) is 4.98 Å². The lowest BCUT2D eigenvalue weighted by Crippen LogP contribution is -2.04. The first-order valence-electron chi connectivity index (χ1n) is 5.75. The second kappa shape index (κ2) is 5.71. The van der Waals surface area contributed by atoms with E-state index >= 15 is 0 Å².